The number of hydrogen-bond donors (Lipinski definition) is 0. The molecule has 9 heavy (non-hydrogen) atoms. The minimum atomic E-state index is 1.01. The molecule has 0 unspecified atom stereocenters. The molecule has 0 fully saturated rings. The highest BCUT2D eigenvalue weighted by atomic mass is 32.1. The molecule has 0 saturated heterocycles. The Morgan fingerprint density at radius 2 is 2.56 bits per heavy atom. The fraction of sp³-hybridized carbons (Fsp3) is 0.500. The van der Waals surface area contributed by atoms with Gasteiger partial charge in [-0.1, -0.05) is 0 Å². The minimum absolute atomic E-state index is 1.01. The van der Waals surface area contributed by atoms with Gasteiger partial charge in [-0.05, 0) is 6.92 Å². The molecule has 50 valence electrons. The predicted molar refractivity (Wildman–Crippen MR) is 39.5 cm³/mol. The molecule has 1 rings (SSSR count). The maximum atomic E-state index is 4.08. The standard InChI is InChI=1S/C6H10N2S/c1-3-8-4-5-9-6(8)7-2/h4-5H,3H2,1-2H3. The fourth-order valence-corrected chi connectivity index (χ4v) is 1.48. The fourth-order valence-electron chi connectivity index (χ4n) is 0.718. The van der Waals surface area contributed by atoms with E-state index in [1.165, 1.54) is 0 Å². The van der Waals surface area contributed by atoms with Gasteiger partial charge in [0.1, 0.15) is 0 Å². The number of aryl methyl sites for hydroxylation is 1. The molecule has 0 N–H and O–H groups in total. The van der Waals surface area contributed by atoms with Gasteiger partial charge in [0.2, 0.25) is 0 Å². The summed E-state index contributed by atoms with van der Waals surface area (Å²) >= 11 is 1.67. The van der Waals surface area contributed by atoms with E-state index in [1.807, 2.05) is 18.6 Å². The molecule has 0 aliphatic carbocycles. The van der Waals surface area contributed by atoms with E-state index < -0.39 is 0 Å². The van der Waals surface area contributed by atoms with Crippen LogP contribution in [-0.2, 0) is 6.54 Å². The average Bonchev–Trinajstić information content (AvgIpc) is 2.33. The average molecular weight is 142 g/mol. The first-order valence-electron chi connectivity index (χ1n) is 2.95. The highest BCUT2D eigenvalue weighted by Crippen LogP contribution is 1.87. The maximum Gasteiger partial charge on any atom is 0.184 e. The molecule has 0 aromatic carbocycles. The summed E-state index contributed by atoms with van der Waals surface area (Å²) in [5.41, 5.74) is 0. The predicted octanol–water partition coefficient (Wildman–Crippen LogP) is 1.10. The first-order valence-corrected chi connectivity index (χ1v) is 3.83. The Labute approximate surface area is 58.5 Å². The van der Waals surface area contributed by atoms with Crippen molar-refractivity contribution >= 4 is 11.3 Å². The summed E-state index contributed by atoms with van der Waals surface area (Å²) in [4.78, 5) is 5.18. The van der Waals surface area contributed by atoms with Crippen molar-refractivity contribution in [1.29, 1.82) is 0 Å². The first-order chi connectivity index (χ1) is 4.38. The second kappa shape index (κ2) is 2.82. The van der Waals surface area contributed by atoms with Crippen LogP contribution < -0.4 is 4.80 Å². The van der Waals surface area contributed by atoms with E-state index in [0.717, 1.165) is 11.3 Å². The number of thiazole rings is 1. The minimum Gasteiger partial charge on any atom is -0.324 e. The van der Waals surface area contributed by atoms with E-state index in [0.29, 0.717) is 0 Å². The van der Waals surface area contributed by atoms with Crippen molar-refractivity contribution < 1.29 is 0 Å². The van der Waals surface area contributed by atoms with Crippen LogP contribution in [-0.4, -0.2) is 11.6 Å². The smallest absolute Gasteiger partial charge is 0.184 e. The number of hydrogen-bond acceptors (Lipinski definition) is 2. The maximum absolute atomic E-state index is 4.08. The third-order valence-electron chi connectivity index (χ3n) is 1.19. The van der Waals surface area contributed by atoms with Crippen molar-refractivity contribution in [3.63, 3.8) is 0 Å². The van der Waals surface area contributed by atoms with Crippen molar-refractivity contribution in [3.8, 4) is 0 Å². The number of rotatable bonds is 1. The van der Waals surface area contributed by atoms with E-state index in [1.54, 1.807) is 11.3 Å². The Hall–Kier alpha value is -0.570. The quantitative estimate of drug-likeness (QED) is 0.558. The second-order valence-corrected chi connectivity index (χ2v) is 2.57. The Kier molecular flexibility index (Phi) is 2.05. The molecule has 0 amide bonds. The molecular weight excluding hydrogens is 132 g/mol. The zero-order valence-corrected chi connectivity index (χ0v) is 6.48. The molecule has 0 bridgehead atoms. The SMILES string of the molecule is CCn1ccsc1=NC. The van der Waals surface area contributed by atoms with Gasteiger partial charge in [0.25, 0.3) is 0 Å². The molecule has 0 radical (unpaired) electrons. The molecule has 1 heterocycles. The van der Waals surface area contributed by atoms with E-state index in [2.05, 4.69) is 16.5 Å². The monoisotopic (exact) mass is 142 g/mol. The molecule has 1 aromatic heterocycles. The van der Waals surface area contributed by atoms with Crippen LogP contribution in [0.1, 0.15) is 6.92 Å². The van der Waals surface area contributed by atoms with Crippen LogP contribution in [0.4, 0.5) is 0 Å². The number of nitrogens with zero attached hydrogens (tertiary/aromatic N) is 2. The second-order valence-electron chi connectivity index (χ2n) is 1.70. The number of aromatic nitrogens is 1. The summed E-state index contributed by atoms with van der Waals surface area (Å²) in [6, 6.07) is 0. The van der Waals surface area contributed by atoms with E-state index in [4.69, 9.17) is 0 Å². The van der Waals surface area contributed by atoms with Gasteiger partial charge >= 0.3 is 0 Å². The van der Waals surface area contributed by atoms with Crippen LogP contribution in [0, 0.1) is 0 Å². The van der Waals surface area contributed by atoms with Gasteiger partial charge in [0.15, 0.2) is 4.80 Å². The van der Waals surface area contributed by atoms with E-state index in [9.17, 15) is 0 Å². The van der Waals surface area contributed by atoms with Crippen molar-refractivity contribution in [2.45, 2.75) is 13.5 Å². The van der Waals surface area contributed by atoms with Crippen molar-refractivity contribution in [3.05, 3.63) is 16.4 Å². The highest BCUT2D eigenvalue weighted by Gasteiger charge is 1.86. The summed E-state index contributed by atoms with van der Waals surface area (Å²) in [5.74, 6) is 0. The van der Waals surface area contributed by atoms with Gasteiger partial charge in [-0.2, -0.15) is 0 Å². The Morgan fingerprint density at radius 3 is 3.00 bits per heavy atom. The third-order valence-corrected chi connectivity index (χ3v) is 2.08. The lowest BCUT2D eigenvalue weighted by molar-refractivity contribution is 0.734. The molecule has 0 saturated carbocycles. The van der Waals surface area contributed by atoms with Crippen molar-refractivity contribution in [2.75, 3.05) is 7.05 Å². The summed E-state index contributed by atoms with van der Waals surface area (Å²) in [7, 11) is 1.82. The van der Waals surface area contributed by atoms with E-state index in [-0.39, 0.29) is 0 Å². The molecular formula is C6H10N2S. The van der Waals surface area contributed by atoms with Crippen molar-refractivity contribution in [1.82, 2.24) is 4.57 Å². The molecule has 3 heteroatoms. The zero-order valence-electron chi connectivity index (χ0n) is 5.66. The van der Waals surface area contributed by atoms with Gasteiger partial charge in [0, 0.05) is 25.2 Å². The van der Waals surface area contributed by atoms with Crippen LogP contribution in [0.3, 0.4) is 0 Å². The Bertz CT molecular complexity index is 233. The van der Waals surface area contributed by atoms with Crippen LogP contribution in [0.25, 0.3) is 0 Å². The Morgan fingerprint density at radius 1 is 1.78 bits per heavy atom. The molecule has 0 atom stereocenters. The molecule has 1 aromatic rings. The highest BCUT2D eigenvalue weighted by molar-refractivity contribution is 7.07. The third kappa shape index (κ3) is 1.21. The summed E-state index contributed by atoms with van der Waals surface area (Å²) in [6.45, 7) is 3.12. The largest absolute Gasteiger partial charge is 0.324 e. The summed E-state index contributed by atoms with van der Waals surface area (Å²) < 4.78 is 2.12. The van der Waals surface area contributed by atoms with Gasteiger partial charge in [-0.25, -0.2) is 0 Å². The summed E-state index contributed by atoms with van der Waals surface area (Å²) in [5, 5.41) is 2.05. The lowest BCUT2D eigenvalue weighted by atomic mass is 10.7. The Balaban J connectivity index is 3.14. The van der Waals surface area contributed by atoms with Crippen LogP contribution in [0.2, 0.25) is 0 Å². The normalized spacial score (nSPS) is 12.4. The van der Waals surface area contributed by atoms with Gasteiger partial charge in [0.05, 0.1) is 0 Å². The first kappa shape index (κ1) is 6.55. The molecule has 2 nitrogen and oxygen atoms in total. The van der Waals surface area contributed by atoms with Gasteiger partial charge in [-0.15, -0.1) is 11.3 Å². The summed E-state index contributed by atoms with van der Waals surface area (Å²) in [6.07, 6.45) is 2.05. The molecule has 0 aliphatic rings. The molecule has 0 spiro atoms. The van der Waals surface area contributed by atoms with Crippen molar-refractivity contribution in [2.24, 2.45) is 4.99 Å². The van der Waals surface area contributed by atoms with Crippen LogP contribution >= 0.6 is 11.3 Å². The molecule has 0 aliphatic heterocycles. The van der Waals surface area contributed by atoms with Crippen LogP contribution in [0.5, 0.6) is 0 Å². The lowest BCUT2D eigenvalue weighted by Gasteiger charge is -1.91. The lowest BCUT2D eigenvalue weighted by Crippen LogP contribution is -2.11. The van der Waals surface area contributed by atoms with Crippen LogP contribution in [0.15, 0.2) is 16.6 Å². The van der Waals surface area contributed by atoms with E-state index >= 15 is 0 Å². The van der Waals surface area contributed by atoms with Gasteiger partial charge in [-0.3, -0.25) is 4.99 Å². The van der Waals surface area contributed by atoms with Gasteiger partial charge < -0.3 is 4.57 Å². The zero-order chi connectivity index (χ0) is 6.69. The topological polar surface area (TPSA) is 17.3 Å².